The van der Waals surface area contributed by atoms with Gasteiger partial charge in [-0.15, -0.1) is 0 Å². The highest BCUT2D eigenvalue weighted by molar-refractivity contribution is 4.89. The van der Waals surface area contributed by atoms with E-state index in [1.54, 1.807) is 0 Å². The molecule has 0 bridgehead atoms. The molecule has 3 N–H and O–H groups in total. The van der Waals surface area contributed by atoms with E-state index in [9.17, 15) is 5.11 Å². The predicted octanol–water partition coefficient (Wildman–Crippen LogP) is -0.149. The Kier molecular flexibility index (Phi) is 2.63. The van der Waals surface area contributed by atoms with Gasteiger partial charge in [-0.1, -0.05) is 12.8 Å². The van der Waals surface area contributed by atoms with E-state index in [4.69, 9.17) is 0 Å². The van der Waals surface area contributed by atoms with Crippen molar-refractivity contribution in [2.45, 2.75) is 43.9 Å². The first-order chi connectivity index (χ1) is 5.86. The van der Waals surface area contributed by atoms with Crippen molar-refractivity contribution in [2.75, 3.05) is 13.1 Å². The van der Waals surface area contributed by atoms with Crippen molar-refractivity contribution >= 4 is 0 Å². The van der Waals surface area contributed by atoms with Crippen LogP contribution in [-0.2, 0) is 0 Å². The highest BCUT2D eigenvalue weighted by Gasteiger charge is 2.27. The normalized spacial score (nSPS) is 37.8. The summed E-state index contributed by atoms with van der Waals surface area (Å²) < 4.78 is 0. The van der Waals surface area contributed by atoms with Gasteiger partial charge < -0.3 is 15.7 Å². The first kappa shape index (κ1) is 8.48. The van der Waals surface area contributed by atoms with Gasteiger partial charge in [-0.25, -0.2) is 0 Å². The van der Waals surface area contributed by atoms with Crippen LogP contribution in [0.5, 0.6) is 0 Å². The zero-order valence-electron chi connectivity index (χ0n) is 7.42. The molecule has 0 aromatic carbocycles. The molecule has 0 aromatic rings. The minimum atomic E-state index is -0.0978. The number of aliphatic hydroxyl groups excluding tert-OH is 1. The van der Waals surface area contributed by atoms with Crippen molar-refractivity contribution in [1.82, 2.24) is 10.6 Å². The van der Waals surface area contributed by atoms with Gasteiger partial charge in [0.15, 0.2) is 0 Å². The van der Waals surface area contributed by atoms with E-state index in [0.717, 1.165) is 25.9 Å². The first-order valence-electron chi connectivity index (χ1n) is 5.01. The molecule has 1 aliphatic carbocycles. The molecule has 70 valence electrons. The molecule has 0 aromatic heterocycles. The van der Waals surface area contributed by atoms with Crippen molar-refractivity contribution in [3.63, 3.8) is 0 Å². The van der Waals surface area contributed by atoms with Crippen molar-refractivity contribution in [3.05, 3.63) is 0 Å². The molecule has 3 heteroatoms. The average Bonchev–Trinajstić information content (AvgIpc) is 2.00. The standard InChI is InChI=1S/C9H18N2O/c12-9-4-2-1-3-8(9)11-7-5-10-6-7/h7-12H,1-6H2/t8-,9-/m0/s1. The van der Waals surface area contributed by atoms with Crippen LogP contribution in [0.4, 0.5) is 0 Å². The second kappa shape index (κ2) is 3.73. The largest absolute Gasteiger partial charge is 0.392 e. The Bertz CT molecular complexity index is 147. The van der Waals surface area contributed by atoms with Gasteiger partial charge in [-0.05, 0) is 12.8 Å². The molecule has 2 fully saturated rings. The van der Waals surface area contributed by atoms with E-state index in [2.05, 4.69) is 10.6 Å². The summed E-state index contributed by atoms with van der Waals surface area (Å²) in [5.74, 6) is 0. The summed E-state index contributed by atoms with van der Waals surface area (Å²) >= 11 is 0. The molecule has 0 unspecified atom stereocenters. The van der Waals surface area contributed by atoms with Gasteiger partial charge in [-0.2, -0.15) is 0 Å². The smallest absolute Gasteiger partial charge is 0.0693 e. The Morgan fingerprint density at radius 1 is 1.17 bits per heavy atom. The van der Waals surface area contributed by atoms with Gasteiger partial charge in [0.1, 0.15) is 0 Å². The molecule has 0 radical (unpaired) electrons. The second-order valence-corrected chi connectivity index (χ2v) is 3.98. The molecular weight excluding hydrogens is 152 g/mol. The Morgan fingerprint density at radius 3 is 2.50 bits per heavy atom. The summed E-state index contributed by atoms with van der Waals surface area (Å²) in [6.45, 7) is 2.15. The van der Waals surface area contributed by atoms with Gasteiger partial charge >= 0.3 is 0 Å². The minimum Gasteiger partial charge on any atom is -0.392 e. The lowest BCUT2D eigenvalue weighted by atomic mass is 9.91. The Balaban J connectivity index is 1.76. The van der Waals surface area contributed by atoms with Crippen molar-refractivity contribution in [1.29, 1.82) is 0 Å². The molecule has 1 saturated carbocycles. The van der Waals surface area contributed by atoms with Crippen molar-refractivity contribution in [3.8, 4) is 0 Å². The Hall–Kier alpha value is -0.120. The predicted molar refractivity (Wildman–Crippen MR) is 48.1 cm³/mol. The highest BCUT2D eigenvalue weighted by atomic mass is 16.3. The molecule has 2 rings (SSSR count). The van der Waals surface area contributed by atoms with Gasteiger partial charge in [0, 0.05) is 25.2 Å². The summed E-state index contributed by atoms with van der Waals surface area (Å²) in [5.41, 5.74) is 0. The molecule has 2 aliphatic rings. The van der Waals surface area contributed by atoms with Crippen LogP contribution >= 0.6 is 0 Å². The van der Waals surface area contributed by atoms with Gasteiger partial charge in [-0.3, -0.25) is 0 Å². The lowest BCUT2D eigenvalue weighted by Gasteiger charge is -2.36. The Labute approximate surface area is 73.5 Å². The van der Waals surface area contributed by atoms with E-state index in [0.29, 0.717) is 12.1 Å². The van der Waals surface area contributed by atoms with Gasteiger partial charge in [0.2, 0.25) is 0 Å². The molecule has 12 heavy (non-hydrogen) atoms. The quantitative estimate of drug-likeness (QED) is 0.540. The molecule has 1 saturated heterocycles. The van der Waals surface area contributed by atoms with Crippen LogP contribution < -0.4 is 10.6 Å². The second-order valence-electron chi connectivity index (χ2n) is 3.98. The maximum Gasteiger partial charge on any atom is 0.0693 e. The third-order valence-electron chi connectivity index (χ3n) is 2.96. The lowest BCUT2D eigenvalue weighted by molar-refractivity contribution is 0.0803. The summed E-state index contributed by atoms with van der Waals surface area (Å²) in [5, 5.41) is 16.4. The molecule has 1 heterocycles. The zero-order chi connectivity index (χ0) is 8.39. The van der Waals surface area contributed by atoms with E-state index in [1.807, 2.05) is 0 Å². The van der Waals surface area contributed by atoms with Crippen LogP contribution in [0.2, 0.25) is 0 Å². The third kappa shape index (κ3) is 1.79. The van der Waals surface area contributed by atoms with Crippen LogP contribution in [0.3, 0.4) is 0 Å². The van der Waals surface area contributed by atoms with Crippen molar-refractivity contribution in [2.24, 2.45) is 0 Å². The van der Waals surface area contributed by atoms with Crippen LogP contribution in [0.15, 0.2) is 0 Å². The van der Waals surface area contributed by atoms with Crippen LogP contribution in [0.25, 0.3) is 0 Å². The summed E-state index contributed by atoms with van der Waals surface area (Å²) in [6.07, 6.45) is 4.51. The topological polar surface area (TPSA) is 44.3 Å². The van der Waals surface area contributed by atoms with E-state index in [1.165, 1.54) is 12.8 Å². The number of nitrogens with one attached hydrogen (secondary N) is 2. The monoisotopic (exact) mass is 170 g/mol. The molecule has 1 aliphatic heterocycles. The number of hydrogen-bond donors (Lipinski definition) is 3. The summed E-state index contributed by atoms with van der Waals surface area (Å²) in [7, 11) is 0. The fourth-order valence-electron chi connectivity index (χ4n) is 2.01. The number of aliphatic hydroxyl groups is 1. The highest BCUT2D eigenvalue weighted by Crippen LogP contribution is 2.18. The SMILES string of the molecule is O[C@H]1CCCC[C@@H]1NC1CNC1. The van der Waals surface area contributed by atoms with E-state index >= 15 is 0 Å². The molecule has 0 spiro atoms. The lowest BCUT2D eigenvalue weighted by Crippen LogP contribution is -2.60. The minimum absolute atomic E-state index is 0.0978. The van der Waals surface area contributed by atoms with Gasteiger partial charge in [0.25, 0.3) is 0 Å². The van der Waals surface area contributed by atoms with Crippen LogP contribution in [0, 0.1) is 0 Å². The number of hydrogen-bond acceptors (Lipinski definition) is 3. The Morgan fingerprint density at radius 2 is 1.92 bits per heavy atom. The van der Waals surface area contributed by atoms with Crippen molar-refractivity contribution < 1.29 is 5.11 Å². The van der Waals surface area contributed by atoms with E-state index in [-0.39, 0.29) is 6.10 Å². The number of rotatable bonds is 2. The molecule has 0 amide bonds. The van der Waals surface area contributed by atoms with Crippen LogP contribution in [-0.4, -0.2) is 36.4 Å². The van der Waals surface area contributed by atoms with Crippen LogP contribution in [0.1, 0.15) is 25.7 Å². The first-order valence-corrected chi connectivity index (χ1v) is 5.01. The summed E-state index contributed by atoms with van der Waals surface area (Å²) in [4.78, 5) is 0. The molecule has 3 nitrogen and oxygen atoms in total. The third-order valence-corrected chi connectivity index (χ3v) is 2.96. The maximum atomic E-state index is 9.65. The van der Waals surface area contributed by atoms with E-state index < -0.39 is 0 Å². The summed E-state index contributed by atoms with van der Waals surface area (Å²) in [6, 6.07) is 0.980. The zero-order valence-corrected chi connectivity index (χ0v) is 7.42. The van der Waals surface area contributed by atoms with Gasteiger partial charge in [0.05, 0.1) is 6.10 Å². The molecule has 2 atom stereocenters. The fourth-order valence-corrected chi connectivity index (χ4v) is 2.01. The average molecular weight is 170 g/mol. The fraction of sp³-hybridized carbons (Fsp3) is 1.00. The molecular formula is C9H18N2O. The maximum absolute atomic E-state index is 9.65.